The van der Waals surface area contributed by atoms with E-state index in [1.807, 2.05) is 30.0 Å². The van der Waals surface area contributed by atoms with Crippen LogP contribution in [0.25, 0.3) is 0 Å². The molecule has 3 rings (SSSR count). The number of hydrogen-bond donors (Lipinski definition) is 1. The standard InChI is InChI=1S/C18H20ClN3O2S/c1-24-18(23)15-14(19)17(22-16(21-15)13-7-8-13)20-9-10-25-11-12-5-3-2-4-6-12/h2-6,13H,7-11H2,1H3,(H,20,21,22). The lowest BCUT2D eigenvalue weighted by atomic mass is 10.2. The van der Waals surface area contributed by atoms with Gasteiger partial charge in [0.1, 0.15) is 16.7 Å². The summed E-state index contributed by atoms with van der Waals surface area (Å²) in [7, 11) is 1.32. The molecular weight excluding hydrogens is 358 g/mol. The first-order valence-electron chi connectivity index (χ1n) is 8.20. The first-order chi connectivity index (χ1) is 12.2. The Labute approximate surface area is 156 Å². The van der Waals surface area contributed by atoms with Crippen molar-refractivity contribution in [3.8, 4) is 0 Å². The Bertz CT molecular complexity index is 739. The van der Waals surface area contributed by atoms with Crippen molar-refractivity contribution in [3.05, 3.63) is 52.4 Å². The molecule has 7 heteroatoms. The van der Waals surface area contributed by atoms with Crippen LogP contribution in [0.1, 0.15) is 40.6 Å². The normalized spacial score (nSPS) is 13.5. The first kappa shape index (κ1) is 18.0. The molecule has 0 amide bonds. The molecule has 1 aliphatic carbocycles. The zero-order chi connectivity index (χ0) is 17.6. The number of anilines is 1. The van der Waals surface area contributed by atoms with Crippen LogP contribution in [0.2, 0.25) is 5.02 Å². The molecule has 0 unspecified atom stereocenters. The van der Waals surface area contributed by atoms with Crippen LogP contribution >= 0.6 is 23.4 Å². The summed E-state index contributed by atoms with van der Waals surface area (Å²) in [6, 6.07) is 10.3. The van der Waals surface area contributed by atoms with Gasteiger partial charge in [-0.2, -0.15) is 11.8 Å². The van der Waals surface area contributed by atoms with Gasteiger partial charge >= 0.3 is 5.97 Å². The number of methoxy groups -OCH3 is 1. The highest BCUT2D eigenvalue weighted by Crippen LogP contribution is 2.39. The largest absolute Gasteiger partial charge is 0.464 e. The van der Waals surface area contributed by atoms with E-state index in [9.17, 15) is 4.79 Å². The van der Waals surface area contributed by atoms with E-state index in [0.717, 1.165) is 24.3 Å². The Balaban J connectivity index is 1.59. The fourth-order valence-electron chi connectivity index (χ4n) is 2.34. The number of nitrogens with one attached hydrogen (secondary N) is 1. The van der Waals surface area contributed by atoms with Gasteiger partial charge in [-0.3, -0.25) is 0 Å². The summed E-state index contributed by atoms with van der Waals surface area (Å²) < 4.78 is 4.77. The first-order valence-corrected chi connectivity index (χ1v) is 9.73. The Hall–Kier alpha value is -1.79. The van der Waals surface area contributed by atoms with E-state index in [1.165, 1.54) is 12.7 Å². The number of halogens is 1. The number of esters is 1. The number of hydrogen-bond acceptors (Lipinski definition) is 6. The Morgan fingerprint density at radius 2 is 2.08 bits per heavy atom. The zero-order valence-electron chi connectivity index (χ0n) is 14.0. The monoisotopic (exact) mass is 377 g/mol. The van der Waals surface area contributed by atoms with Crippen molar-refractivity contribution in [2.75, 3.05) is 24.7 Å². The van der Waals surface area contributed by atoms with Gasteiger partial charge in [-0.1, -0.05) is 41.9 Å². The summed E-state index contributed by atoms with van der Waals surface area (Å²) in [4.78, 5) is 20.7. The molecule has 0 radical (unpaired) electrons. The molecule has 5 nitrogen and oxygen atoms in total. The highest BCUT2D eigenvalue weighted by Gasteiger charge is 2.30. The van der Waals surface area contributed by atoms with E-state index < -0.39 is 5.97 Å². The van der Waals surface area contributed by atoms with Crippen molar-refractivity contribution < 1.29 is 9.53 Å². The van der Waals surface area contributed by atoms with E-state index in [2.05, 4.69) is 27.4 Å². The summed E-state index contributed by atoms with van der Waals surface area (Å²) in [5.74, 6) is 2.84. The number of benzene rings is 1. The average Bonchev–Trinajstić information content (AvgIpc) is 3.48. The van der Waals surface area contributed by atoms with Crippen molar-refractivity contribution in [2.45, 2.75) is 24.5 Å². The van der Waals surface area contributed by atoms with Gasteiger partial charge in [-0.25, -0.2) is 14.8 Å². The van der Waals surface area contributed by atoms with Crippen LogP contribution < -0.4 is 5.32 Å². The van der Waals surface area contributed by atoms with Crippen molar-refractivity contribution in [1.82, 2.24) is 9.97 Å². The van der Waals surface area contributed by atoms with Gasteiger partial charge in [-0.15, -0.1) is 0 Å². The SMILES string of the molecule is COC(=O)c1nc(C2CC2)nc(NCCSCc2ccccc2)c1Cl. The molecule has 1 N–H and O–H groups in total. The maximum atomic E-state index is 11.9. The van der Waals surface area contributed by atoms with Gasteiger partial charge in [0, 0.05) is 24.0 Å². The lowest BCUT2D eigenvalue weighted by Gasteiger charge is -2.11. The molecule has 0 atom stereocenters. The lowest BCUT2D eigenvalue weighted by Crippen LogP contribution is -2.14. The van der Waals surface area contributed by atoms with Crippen molar-refractivity contribution in [2.24, 2.45) is 0 Å². The van der Waals surface area contributed by atoms with Crippen LogP contribution in [0.15, 0.2) is 30.3 Å². The Morgan fingerprint density at radius 3 is 2.76 bits per heavy atom. The molecule has 1 heterocycles. The molecule has 0 spiro atoms. The molecule has 0 aliphatic heterocycles. The van der Waals surface area contributed by atoms with E-state index in [0.29, 0.717) is 24.1 Å². The molecule has 2 aromatic rings. The highest BCUT2D eigenvalue weighted by molar-refractivity contribution is 7.98. The highest BCUT2D eigenvalue weighted by atomic mass is 35.5. The van der Waals surface area contributed by atoms with Crippen LogP contribution in [-0.2, 0) is 10.5 Å². The molecule has 0 saturated heterocycles. The molecule has 1 aromatic heterocycles. The summed E-state index contributed by atoms with van der Waals surface area (Å²) in [6.07, 6.45) is 2.10. The third-order valence-electron chi connectivity index (χ3n) is 3.84. The van der Waals surface area contributed by atoms with Gasteiger partial charge in [-0.05, 0) is 18.4 Å². The fraction of sp³-hybridized carbons (Fsp3) is 0.389. The Morgan fingerprint density at radius 1 is 1.32 bits per heavy atom. The van der Waals surface area contributed by atoms with Gasteiger partial charge in [0.25, 0.3) is 0 Å². The van der Waals surface area contributed by atoms with Gasteiger partial charge in [0.15, 0.2) is 5.69 Å². The predicted molar refractivity (Wildman–Crippen MR) is 101 cm³/mol. The van der Waals surface area contributed by atoms with Crippen LogP contribution in [0, 0.1) is 0 Å². The number of carbonyl (C=O) groups excluding carboxylic acids is 1. The second-order valence-electron chi connectivity index (χ2n) is 5.82. The lowest BCUT2D eigenvalue weighted by molar-refractivity contribution is 0.0593. The summed E-state index contributed by atoms with van der Waals surface area (Å²) in [5.41, 5.74) is 1.44. The molecule has 0 bridgehead atoms. The van der Waals surface area contributed by atoms with Gasteiger partial charge in [0.05, 0.1) is 7.11 Å². The minimum absolute atomic E-state index is 0.139. The quantitative estimate of drug-likeness (QED) is 0.551. The predicted octanol–water partition coefficient (Wildman–Crippen LogP) is 4.14. The fourth-order valence-corrected chi connectivity index (χ4v) is 3.39. The van der Waals surface area contributed by atoms with E-state index in [4.69, 9.17) is 16.3 Å². The minimum Gasteiger partial charge on any atom is -0.464 e. The van der Waals surface area contributed by atoms with Crippen molar-refractivity contribution in [3.63, 3.8) is 0 Å². The second kappa shape index (κ2) is 8.54. The summed E-state index contributed by atoms with van der Waals surface area (Å²) >= 11 is 8.12. The second-order valence-corrected chi connectivity index (χ2v) is 7.31. The van der Waals surface area contributed by atoms with Gasteiger partial charge < -0.3 is 10.1 Å². The molecule has 1 aromatic carbocycles. The third kappa shape index (κ3) is 4.86. The maximum Gasteiger partial charge on any atom is 0.358 e. The van der Waals surface area contributed by atoms with Gasteiger partial charge in [0.2, 0.25) is 0 Å². The van der Waals surface area contributed by atoms with Crippen LogP contribution in [0.3, 0.4) is 0 Å². The van der Waals surface area contributed by atoms with Crippen molar-refractivity contribution >= 4 is 35.1 Å². The average molecular weight is 378 g/mol. The molecule has 1 fully saturated rings. The van der Waals surface area contributed by atoms with Crippen molar-refractivity contribution in [1.29, 1.82) is 0 Å². The molecule has 25 heavy (non-hydrogen) atoms. The number of thioether (sulfide) groups is 1. The smallest absolute Gasteiger partial charge is 0.358 e. The van der Waals surface area contributed by atoms with E-state index >= 15 is 0 Å². The number of nitrogens with zero attached hydrogens (tertiary/aromatic N) is 2. The van der Waals surface area contributed by atoms with E-state index in [1.54, 1.807) is 0 Å². The minimum atomic E-state index is -0.532. The molecule has 1 aliphatic rings. The zero-order valence-corrected chi connectivity index (χ0v) is 15.6. The molecule has 132 valence electrons. The number of ether oxygens (including phenoxy) is 1. The summed E-state index contributed by atoms with van der Waals surface area (Å²) in [5, 5.41) is 3.46. The third-order valence-corrected chi connectivity index (χ3v) is 5.23. The number of carbonyl (C=O) groups is 1. The van der Waals surface area contributed by atoms with Crippen LogP contribution in [-0.4, -0.2) is 35.3 Å². The number of rotatable bonds is 8. The Kier molecular flexibility index (Phi) is 6.15. The molecular formula is C18H20ClN3O2S. The van der Waals surface area contributed by atoms with Crippen LogP contribution in [0.5, 0.6) is 0 Å². The topological polar surface area (TPSA) is 64.1 Å². The maximum absolute atomic E-state index is 11.9. The number of aromatic nitrogens is 2. The van der Waals surface area contributed by atoms with Crippen LogP contribution in [0.4, 0.5) is 5.82 Å². The van der Waals surface area contributed by atoms with E-state index in [-0.39, 0.29) is 10.7 Å². The molecule has 1 saturated carbocycles. The summed E-state index contributed by atoms with van der Waals surface area (Å²) in [6.45, 7) is 0.707.